The van der Waals surface area contributed by atoms with Gasteiger partial charge in [0.1, 0.15) is 0 Å². The third kappa shape index (κ3) is 1.95. The Labute approximate surface area is 96.0 Å². The summed E-state index contributed by atoms with van der Waals surface area (Å²) in [5, 5.41) is 3.71. The van der Waals surface area contributed by atoms with Crippen LogP contribution in [0.15, 0.2) is 0 Å². The standard InChI is InChI=1S/C14H29N/c1-8-10(3)11(15-9-2)12-13(4,5)14(12,6)7/h10-12,15H,8-9H2,1-7H3. The summed E-state index contributed by atoms with van der Waals surface area (Å²) in [6.45, 7) is 17.7. The van der Waals surface area contributed by atoms with Crippen LogP contribution in [-0.4, -0.2) is 12.6 Å². The van der Waals surface area contributed by atoms with Crippen molar-refractivity contribution in [3.05, 3.63) is 0 Å². The molecular formula is C14H29N. The normalized spacial score (nSPS) is 27.4. The van der Waals surface area contributed by atoms with Crippen LogP contribution in [0.3, 0.4) is 0 Å². The van der Waals surface area contributed by atoms with Crippen LogP contribution in [0, 0.1) is 22.7 Å². The Morgan fingerprint density at radius 1 is 1.07 bits per heavy atom. The molecular weight excluding hydrogens is 182 g/mol. The molecule has 0 aromatic heterocycles. The van der Waals surface area contributed by atoms with Gasteiger partial charge >= 0.3 is 0 Å². The Kier molecular flexibility index (Phi) is 3.55. The molecule has 0 aromatic rings. The highest BCUT2D eigenvalue weighted by molar-refractivity contribution is 5.16. The zero-order valence-electron chi connectivity index (χ0n) is 11.6. The Morgan fingerprint density at radius 2 is 1.53 bits per heavy atom. The molecule has 0 amide bonds. The third-order valence-corrected chi connectivity index (χ3v) is 5.19. The molecule has 1 heteroatoms. The first kappa shape index (κ1) is 13.0. The summed E-state index contributed by atoms with van der Waals surface area (Å²) in [4.78, 5) is 0. The van der Waals surface area contributed by atoms with Crippen molar-refractivity contribution in [2.45, 2.75) is 60.9 Å². The van der Waals surface area contributed by atoms with Crippen LogP contribution in [-0.2, 0) is 0 Å². The second-order valence-electron chi connectivity index (χ2n) is 6.39. The molecule has 0 aliphatic heterocycles. The second-order valence-corrected chi connectivity index (χ2v) is 6.39. The van der Waals surface area contributed by atoms with E-state index in [1.165, 1.54) is 6.42 Å². The van der Waals surface area contributed by atoms with Crippen LogP contribution >= 0.6 is 0 Å². The van der Waals surface area contributed by atoms with Crippen molar-refractivity contribution >= 4 is 0 Å². The molecule has 1 nitrogen and oxygen atoms in total. The van der Waals surface area contributed by atoms with Crippen LogP contribution in [0.5, 0.6) is 0 Å². The van der Waals surface area contributed by atoms with Crippen LogP contribution in [0.2, 0.25) is 0 Å². The predicted molar refractivity (Wildman–Crippen MR) is 68.0 cm³/mol. The Morgan fingerprint density at radius 3 is 1.80 bits per heavy atom. The van der Waals surface area contributed by atoms with Crippen molar-refractivity contribution < 1.29 is 0 Å². The molecule has 0 spiro atoms. The molecule has 2 unspecified atom stereocenters. The maximum absolute atomic E-state index is 3.71. The van der Waals surface area contributed by atoms with Gasteiger partial charge in [-0.05, 0) is 29.2 Å². The van der Waals surface area contributed by atoms with E-state index in [2.05, 4.69) is 53.8 Å². The second kappa shape index (κ2) is 4.08. The number of hydrogen-bond acceptors (Lipinski definition) is 1. The van der Waals surface area contributed by atoms with Crippen molar-refractivity contribution in [3.63, 3.8) is 0 Å². The summed E-state index contributed by atoms with van der Waals surface area (Å²) in [5.41, 5.74) is 1.01. The van der Waals surface area contributed by atoms with Crippen LogP contribution in [0.4, 0.5) is 0 Å². The van der Waals surface area contributed by atoms with Gasteiger partial charge in [0, 0.05) is 6.04 Å². The van der Waals surface area contributed by atoms with Crippen LogP contribution in [0.1, 0.15) is 54.9 Å². The lowest BCUT2D eigenvalue weighted by Crippen LogP contribution is -2.38. The molecule has 90 valence electrons. The molecule has 1 aliphatic rings. The summed E-state index contributed by atoms with van der Waals surface area (Å²) >= 11 is 0. The zero-order chi connectivity index (χ0) is 11.9. The van der Waals surface area contributed by atoms with Gasteiger partial charge in [0.25, 0.3) is 0 Å². The average molecular weight is 211 g/mol. The van der Waals surface area contributed by atoms with Gasteiger partial charge in [-0.2, -0.15) is 0 Å². The van der Waals surface area contributed by atoms with Gasteiger partial charge in [-0.15, -0.1) is 0 Å². The maximum atomic E-state index is 3.71. The molecule has 1 fully saturated rings. The van der Waals surface area contributed by atoms with Gasteiger partial charge in [-0.25, -0.2) is 0 Å². The summed E-state index contributed by atoms with van der Waals surface area (Å²) in [6, 6.07) is 0.699. The lowest BCUT2D eigenvalue weighted by atomic mass is 9.90. The van der Waals surface area contributed by atoms with Gasteiger partial charge in [0.05, 0.1) is 0 Å². The van der Waals surface area contributed by atoms with Crippen LogP contribution < -0.4 is 5.32 Å². The van der Waals surface area contributed by atoms with Crippen molar-refractivity contribution in [1.82, 2.24) is 5.32 Å². The first-order valence-electron chi connectivity index (χ1n) is 6.54. The number of hydrogen-bond donors (Lipinski definition) is 1. The molecule has 0 bridgehead atoms. The molecule has 0 saturated heterocycles. The molecule has 1 rings (SSSR count). The fourth-order valence-electron chi connectivity index (χ4n) is 3.28. The fraction of sp³-hybridized carbons (Fsp3) is 1.00. The van der Waals surface area contributed by atoms with Gasteiger partial charge in [0.2, 0.25) is 0 Å². The van der Waals surface area contributed by atoms with Crippen molar-refractivity contribution in [1.29, 1.82) is 0 Å². The highest BCUT2D eigenvalue weighted by atomic mass is 15.0. The summed E-state index contributed by atoms with van der Waals surface area (Å²) in [6.07, 6.45) is 1.28. The smallest absolute Gasteiger partial charge is 0.0131 e. The number of rotatable bonds is 5. The Bertz CT molecular complexity index is 203. The predicted octanol–water partition coefficient (Wildman–Crippen LogP) is 3.69. The Hall–Kier alpha value is -0.0400. The van der Waals surface area contributed by atoms with Gasteiger partial charge in [0.15, 0.2) is 0 Å². The quantitative estimate of drug-likeness (QED) is 0.731. The average Bonchev–Trinajstić information content (AvgIpc) is 2.54. The lowest BCUT2D eigenvalue weighted by Gasteiger charge is -2.26. The van der Waals surface area contributed by atoms with E-state index in [1.54, 1.807) is 0 Å². The van der Waals surface area contributed by atoms with Crippen molar-refractivity contribution in [3.8, 4) is 0 Å². The van der Waals surface area contributed by atoms with E-state index in [-0.39, 0.29) is 0 Å². The molecule has 0 heterocycles. The first-order valence-corrected chi connectivity index (χ1v) is 6.54. The van der Waals surface area contributed by atoms with Gasteiger partial charge < -0.3 is 5.32 Å². The third-order valence-electron chi connectivity index (χ3n) is 5.19. The number of nitrogens with one attached hydrogen (secondary N) is 1. The summed E-state index contributed by atoms with van der Waals surface area (Å²) < 4.78 is 0. The molecule has 2 atom stereocenters. The highest BCUT2D eigenvalue weighted by Gasteiger charge is 2.67. The topological polar surface area (TPSA) is 12.0 Å². The van der Waals surface area contributed by atoms with Crippen molar-refractivity contribution in [2.24, 2.45) is 22.7 Å². The Balaban J connectivity index is 2.76. The molecule has 0 radical (unpaired) electrons. The molecule has 0 aromatic carbocycles. The maximum Gasteiger partial charge on any atom is 0.0131 e. The van der Waals surface area contributed by atoms with E-state index in [4.69, 9.17) is 0 Å². The van der Waals surface area contributed by atoms with Crippen molar-refractivity contribution in [2.75, 3.05) is 6.54 Å². The van der Waals surface area contributed by atoms with Crippen LogP contribution in [0.25, 0.3) is 0 Å². The minimum absolute atomic E-state index is 0.503. The summed E-state index contributed by atoms with van der Waals surface area (Å²) in [5.74, 6) is 1.62. The van der Waals surface area contributed by atoms with Gasteiger partial charge in [-0.3, -0.25) is 0 Å². The van der Waals surface area contributed by atoms with E-state index in [0.29, 0.717) is 16.9 Å². The lowest BCUT2D eigenvalue weighted by molar-refractivity contribution is 0.299. The van der Waals surface area contributed by atoms with E-state index < -0.39 is 0 Å². The minimum Gasteiger partial charge on any atom is -0.314 e. The monoisotopic (exact) mass is 211 g/mol. The first-order chi connectivity index (χ1) is 6.80. The van der Waals surface area contributed by atoms with E-state index in [0.717, 1.165) is 18.4 Å². The SMILES string of the molecule is CCNC(C(C)CC)C1C(C)(C)C1(C)C. The summed E-state index contributed by atoms with van der Waals surface area (Å²) in [7, 11) is 0. The van der Waals surface area contributed by atoms with E-state index in [1.807, 2.05) is 0 Å². The largest absolute Gasteiger partial charge is 0.314 e. The molecule has 15 heavy (non-hydrogen) atoms. The van der Waals surface area contributed by atoms with Gasteiger partial charge in [-0.1, -0.05) is 54.9 Å². The highest BCUT2D eigenvalue weighted by Crippen LogP contribution is 2.70. The minimum atomic E-state index is 0.503. The van der Waals surface area contributed by atoms with E-state index >= 15 is 0 Å². The molecule has 1 aliphatic carbocycles. The molecule has 1 N–H and O–H groups in total. The fourth-order valence-corrected chi connectivity index (χ4v) is 3.28. The van der Waals surface area contributed by atoms with E-state index in [9.17, 15) is 0 Å². The molecule has 1 saturated carbocycles. The zero-order valence-corrected chi connectivity index (χ0v) is 11.6.